The monoisotopic (exact) mass is 250 g/mol. The maximum atomic E-state index is 11.5. The maximum Gasteiger partial charge on any atom is 0.199 e. The molecule has 0 aliphatic rings. The lowest BCUT2D eigenvalue weighted by atomic mass is 10.4. The second kappa shape index (κ2) is 4.82. The molecular formula is C9H8Cl2O2S. The zero-order valence-corrected chi connectivity index (χ0v) is 9.48. The Bertz CT molecular complexity index is 421. The minimum absolute atomic E-state index is 0.173. The predicted octanol–water partition coefficient (Wildman–Crippen LogP) is 2.87. The van der Waals surface area contributed by atoms with E-state index in [0.717, 1.165) is 5.41 Å². The van der Waals surface area contributed by atoms with E-state index >= 15 is 0 Å². The van der Waals surface area contributed by atoms with Crippen LogP contribution in [-0.2, 0) is 9.84 Å². The highest BCUT2D eigenvalue weighted by Crippen LogP contribution is 2.15. The van der Waals surface area contributed by atoms with E-state index in [9.17, 15) is 8.42 Å². The van der Waals surface area contributed by atoms with Crippen molar-refractivity contribution in [3.8, 4) is 0 Å². The first kappa shape index (κ1) is 11.6. The van der Waals surface area contributed by atoms with E-state index in [1.165, 1.54) is 30.3 Å². The van der Waals surface area contributed by atoms with Crippen LogP contribution in [0.3, 0.4) is 0 Å². The van der Waals surface area contributed by atoms with Crippen molar-refractivity contribution in [2.75, 3.05) is 5.88 Å². The fraction of sp³-hybridized carbons (Fsp3) is 0.111. The van der Waals surface area contributed by atoms with Crippen LogP contribution >= 0.6 is 23.2 Å². The van der Waals surface area contributed by atoms with Gasteiger partial charge in [-0.1, -0.05) is 17.7 Å². The second-order valence-corrected chi connectivity index (χ2v) is 5.10. The van der Waals surface area contributed by atoms with E-state index in [4.69, 9.17) is 23.2 Å². The lowest BCUT2D eigenvalue weighted by Crippen LogP contribution is -1.95. The Kier molecular flexibility index (Phi) is 3.98. The number of benzene rings is 1. The molecule has 0 unspecified atom stereocenters. The van der Waals surface area contributed by atoms with Crippen LogP contribution in [0, 0.1) is 0 Å². The molecule has 0 aliphatic carbocycles. The summed E-state index contributed by atoms with van der Waals surface area (Å²) in [5, 5.41) is 1.59. The third-order valence-electron chi connectivity index (χ3n) is 1.51. The van der Waals surface area contributed by atoms with Crippen LogP contribution in [0.4, 0.5) is 0 Å². The molecule has 0 aliphatic heterocycles. The van der Waals surface area contributed by atoms with Crippen molar-refractivity contribution in [1.29, 1.82) is 0 Å². The quantitative estimate of drug-likeness (QED) is 0.774. The molecule has 1 rings (SSSR count). The summed E-state index contributed by atoms with van der Waals surface area (Å²) in [6.07, 6.45) is 1.38. The van der Waals surface area contributed by atoms with Gasteiger partial charge in [-0.3, -0.25) is 0 Å². The average Bonchev–Trinajstić information content (AvgIpc) is 2.16. The summed E-state index contributed by atoms with van der Waals surface area (Å²) in [7, 11) is -3.36. The Balaban J connectivity index is 3.05. The van der Waals surface area contributed by atoms with Crippen molar-refractivity contribution in [3.63, 3.8) is 0 Å². The topological polar surface area (TPSA) is 34.1 Å². The van der Waals surface area contributed by atoms with Crippen LogP contribution < -0.4 is 0 Å². The summed E-state index contributed by atoms with van der Waals surface area (Å²) in [5.74, 6) is 0.173. The summed E-state index contributed by atoms with van der Waals surface area (Å²) >= 11 is 11.0. The van der Waals surface area contributed by atoms with Crippen molar-refractivity contribution >= 4 is 33.0 Å². The van der Waals surface area contributed by atoms with E-state index < -0.39 is 9.84 Å². The molecule has 0 spiro atoms. The first-order valence-electron chi connectivity index (χ1n) is 3.79. The van der Waals surface area contributed by atoms with Crippen LogP contribution in [0.15, 0.2) is 40.6 Å². The largest absolute Gasteiger partial charge is 0.219 e. The van der Waals surface area contributed by atoms with Gasteiger partial charge < -0.3 is 0 Å². The van der Waals surface area contributed by atoms with Crippen molar-refractivity contribution in [1.82, 2.24) is 0 Å². The lowest BCUT2D eigenvalue weighted by molar-refractivity contribution is 0.604. The number of hydrogen-bond donors (Lipinski definition) is 0. The molecule has 5 heteroatoms. The fourth-order valence-corrected chi connectivity index (χ4v) is 2.21. The molecule has 0 bridgehead atoms. The Hall–Kier alpha value is -0.510. The van der Waals surface area contributed by atoms with Gasteiger partial charge in [0.2, 0.25) is 0 Å². The molecule has 0 radical (unpaired) electrons. The summed E-state index contributed by atoms with van der Waals surface area (Å²) in [6, 6.07) is 5.97. The van der Waals surface area contributed by atoms with E-state index in [2.05, 4.69) is 0 Å². The number of rotatable bonds is 3. The van der Waals surface area contributed by atoms with E-state index in [1.807, 2.05) is 0 Å². The van der Waals surface area contributed by atoms with Crippen molar-refractivity contribution < 1.29 is 8.42 Å². The fourth-order valence-electron chi connectivity index (χ4n) is 0.866. The average molecular weight is 251 g/mol. The summed E-state index contributed by atoms with van der Waals surface area (Å²) in [6.45, 7) is 0. The number of allylic oxidation sites excluding steroid dienone is 1. The van der Waals surface area contributed by atoms with Gasteiger partial charge in [0.25, 0.3) is 0 Å². The van der Waals surface area contributed by atoms with E-state index in [-0.39, 0.29) is 10.8 Å². The van der Waals surface area contributed by atoms with Gasteiger partial charge in [0.1, 0.15) is 0 Å². The molecule has 1 aromatic rings. The van der Waals surface area contributed by atoms with Crippen LogP contribution in [0.5, 0.6) is 0 Å². The summed E-state index contributed by atoms with van der Waals surface area (Å²) in [4.78, 5) is 0.211. The van der Waals surface area contributed by atoms with Gasteiger partial charge in [-0.25, -0.2) is 8.42 Å². The van der Waals surface area contributed by atoms with Gasteiger partial charge in [-0.2, -0.15) is 0 Å². The Morgan fingerprint density at radius 3 is 2.29 bits per heavy atom. The molecule has 0 heterocycles. The van der Waals surface area contributed by atoms with E-state index in [0.29, 0.717) is 5.02 Å². The molecule has 2 nitrogen and oxygen atoms in total. The minimum Gasteiger partial charge on any atom is -0.219 e. The molecule has 0 atom stereocenters. The zero-order valence-electron chi connectivity index (χ0n) is 7.15. The third-order valence-corrected chi connectivity index (χ3v) is 3.42. The van der Waals surface area contributed by atoms with Crippen LogP contribution in [0.2, 0.25) is 5.02 Å². The first-order valence-corrected chi connectivity index (χ1v) is 6.25. The Labute approximate surface area is 93.1 Å². The van der Waals surface area contributed by atoms with Gasteiger partial charge in [0, 0.05) is 16.3 Å². The van der Waals surface area contributed by atoms with Crippen molar-refractivity contribution in [2.24, 2.45) is 0 Å². The van der Waals surface area contributed by atoms with Gasteiger partial charge >= 0.3 is 0 Å². The Morgan fingerprint density at radius 2 is 1.79 bits per heavy atom. The SMILES string of the molecule is O=S(=O)(C=CCCl)c1ccc(Cl)cc1. The third kappa shape index (κ3) is 3.01. The number of hydrogen-bond acceptors (Lipinski definition) is 2. The van der Waals surface area contributed by atoms with Crippen LogP contribution in [0.1, 0.15) is 0 Å². The van der Waals surface area contributed by atoms with Gasteiger partial charge in [0.15, 0.2) is 9.84 Å². The normalized spacial score (nSPS) is 12.1. The number of sulfone groups is 1. The molecule has 0 aromatic heterocycles. The van der Waals surface area contributed by atoms with Gasteiger partial charge in [-0.05, 0) is 24.3 Å². The van der Waals surface area contributed by atoms with Crippen molar-refractivity contribution in [3.05, 3.63) is 40.8 Å². The zero-order chi connectivity index (χ0) is 10.6. The molecule has 0 saturated heterocycles. The summed E-state index contributed by atoms with van der Waals surface area (Å²) < 4.78 is 23.0. The summed E-state index contributed by atoms with van der Waals surface area (Å²) in [5.41, 5.74) is 0. The second-order valence-electron chi connectivity index (χ2n) is 2.53. The number of halogens is 2. The van der Waals surface area contributed by atoms with Crippen LogP contribution in [-0.4, -0.2) is 14.3 Å². The van der Waals surface area contributed by atoms with Gasteiger partial charge in [0.05, 0.1) is 4.90 Å². The highest BCUT2D eigenvalue weighted by molar-refractivity contribution is 7.94. The molecule has 0 N–H and O–H groups in total. The molecule has 0 amide bonds. The minimum atomic E-state index is -3.36. The Morgan fingerprint density at radius 1 is 1.21 bits per heavy atom. The highest BCUT2D eigenvalue weighted by Gasteiger charge is 2.08. The highest BCUT2D eigenvalue weighted by atomic mass is 35.5. The molecule has 0 saturated carbocycles. The van der Waals surface area contributed by atoms with Crippen LogP contribution in [0.25, 0.3) is 0 Å². The molecule has 76 valence electrons. The maximum absolute atomic E-state index is 11.5. The molecule has 1 aromatic carbocycles. The van der Waals surface area contributed by atoms with Gasteiger partial charge in [-0.15, -0.1) is 11.6 Å². The lowest BCUT2D eigenvalue weighted by Gasteiger charge is -1.98. The first-order chi connectivity index (χ1) is 6.56. The standard InChI is InChI=1S/C9H8Cl2O2S/c10-6-1-7-14(12,13)9-4-2-8(11)3-5-9/h1-5,7H,6H2. The predicted molar refractivity (Wildman–Crippen MR) is 58.5 cm³/mol. The number of alkyl halides is 1. The molecular weight excluding hydrogens is 243 g/mol. The smallest absolute Gasteiger partial charge is 0.199 e. The molecule has 14 heavy (non-hydrogen) atoms. The van der Waals surface area contributed by atoms with E-state index in [1.54, 1.807) is 0 Å². The molecule has 0 fully saturated rings. The van der Waals surface area contributed by atoms with Crippen molar-refractivity contribution in [2.45, 2.75) is 4.90 Å².